The van der Waals surface area contributed by atoms with Crippen molar-refractivity contribution in [3.8, 4) is 11.5 Å². The number of hydrogen-bond acceptors (Lipinski definition) is 3. The molecule has 0 aliphatic carbocycles. The highest BCUT2D eigenvalue weighted by atomic mass is 35.5. The van der Waals surface area contributed by atoms with Crippen molar-refractivity contribution in [1.29, 1.82) is 0 Å². The quantitative estimate of drug-likeness (QED) is 0.423. The maximum atomic E-state index is 6.62. The third-order valence-corrected chi connectivity index (χ3v) is 6.36. The van der Waals surface area contributed by atoms with E-state index in [1.165, 1.54) is 5.56 Å². The average Bonchev–Trinajstić information content (AvgIpc) is 3.01. The Labute approximate surface area is 188 Å². The molecule has 0 N–H and O–H groups in total. The Morgan fingerprint density at radius 3 is 2.53 bits per heavy atom. The predicted octanol–water partition coefficient (Wildman–Crippen LogP) is 6.73. The molecule has 1 aliphatic heterocycles. The van der Waals surface area contributed by atoms with Gasteiger partial charge in [0.05, 0.1) is 13.7 Å². The van der Waals surface area contributed by atoms with Gasteiger partial charge in [-0.05, 0) is 61.4 Å². The molecule has 0 aromatic heterocycles. The molecule has 3 aromatic carbocycles. The van der Waals surface area contributed by atoms with E-state index in [0.29, 0.717) is 13.2 Å². The first-order valence-electron chi connectivity index (χ1n) is 10.1. The molecular formula is C25H25Cl2NO2. The third kappa shape index (κ3) is 3.73. The monoisotopic (exact) mass is 441 g/mol. The van der Waals surface area contributed by atoms with Crippen LogP contribution in [0.4, 0.5) is 5.69 Å². The van der Waals surface area contributed by atoms with Crippen molar-refractivity contribution in [3.05, 3.63) is 87.4 Å². The molecule has 5 heteroatoms. The van der Waals surface area contributed by atoms with Gasteiger partial charge in [-0.1, -0.05) is 41.4 Å². The second-order valence-electron chi connectivity index (χ2n) is 7.74. The molecule has 0 saturated heterocycles. The molecule has 1 unspecified atom stereocenters. The van der Waals surface area contributed by atoms with Crippen LogP contribution in [0.5, 0.6) is 11.5 Å². The summed E-state index contributed by atoms with van der Waals surface area (Å²) in [6.45, 7) is 6.34. The summed E-state index contributed by atoms with van der Waals surface area (Å²) in [4.78, 5) is 2.37. The minimum Gasteiger partial charge on any atom is -0.496 e. The van der Waals surface area contributed by atoms with E-state index in [1.54, 1.807) is 7.11 Å². The van der Waals surface area contributed by atoms with E-state index < -0.39 is 0 Å². The van der Waals surface area contributed by atoms with Gasteiger partial charge in [-0.25, -0.2) is 0 Å². The van der Waals surface area contributed by atoms with Gasteiger partial charge in [-0.3, -0.25) is 0 Å². The lowest BCUT2D eigenvalue weighted by atomic mass is 9.78. The van der Waals surface area contributed by atoms with Crippen molar-refractivity contribution in [2.45, 2.75) is 25.8 Å². The summed E-state index contributed by atoms with van der Waals surface area (Å²) >= 11 is 13.0. The van der Waals surface area contributed by atoms with Crippen molar-refractivity contribution in [1.82, 2.24) is 0 Å². The summed E-state index contributed by atoms with van der Waals surface area (Å²) < 4.78 is 11.3. The van der Waals surface area contributed by atoms with Gasteiger partial charge in [0.1, 0.15) is 11.5 Å². The molecule has 30 heavy (non-hydrogen) atoms. The minimum atomic E-state index is -0.267. The van der Waals surface area contributed by atoms with E-state index in [4.69, 9.17) is 32.7 Å². The molecule has 0 spiro atoms. The Balaban J connectivity index is 1.74. The van der Waals surface area contributed by atoms with E-state index in [9.17, 15) is 0 Å². The van der Waals surface area contributed by atoms with Crippen LogP contribution in [0.3, 0.4) is 0 Å². The van der Waals surface area contributed by atoms with Gasteiger partial charge in [-0.15, -0.1) is 0 Å². The number of rotatable bonds is 6. The highest BCUT2D eigenvalue weighted by Gasteiger charge is 2.41. The Morgan fingerprint density at radius 2 is 1.80 bits per heavy atom. The molecule has 3 aromatic rings. The molecule has 0 bridgehead atoms. The van der Waals surface area contributed by atoms with E-state index in [-0.39, 0.29) is 5.41 Å². The maximum absolute atomic E-state index is 6.62. The lowest BCUT2D eigenvalue weighted by molar-refractivity contribution is 0.335. The van der Waals surface area contributed by atoms with Gasteiger partial charge in [0.25, 0.3) is 0 Å². The van der Waals surface area contributed by atoms with Gasteiger partial charge in [0.15, 0.2) is 0 Å². The SMILES string of the molecule is CCOc1ccc(CN2CC(C)(c3ccccc3Cl)c3cc(Cl)ccc32)c(OC)c1. The summed E-state index contributed by atoms with van der Waals surface area (Å²) in [7, 11) is 1.69. The molecular weight excluding hydrogens is 417 g/mol. The predicted molar refractivity (Wildman–Crippen MR) is 125 cm³/mol. The fourth-order valence-corrected chi connectivity index (χ4v) is 4.89. The lowest BCUT2D eigenvalue weighted by Gasteiger charge is -2.28. The normalized spacial score (nSPS) is 17.7. The standard InChI is InChI=1S/C25H25Cl2NO2/c1-4-30-19-11-9-17(24(14-19)29-3)15-28-16-25(2,20-7-5-6-8-22(20)27)21-13-18(26)10-12-23(21)28/h5-14H,4,15-16H2,1-3H3. The maximum Gasteiger partial charge on any atom is 0.127 e. The summed E-state index contributed by atoms with van der Waals surface area (Å²) in [5.41, 5.74) is 4.30. The van der Waals surface area contributed by atoms with E-state index in [2.05, 4.69) is 36.1 Å². The molecule has 0 saturated carbocycles. The largest absolute Gasteiger partial charge is 0.496 e. The zero-order valence-corrected chi connectivity index (χ0v) is 18.9. The number of nitrogens with zero attached hydrogens (tertiary/aromatic N) is 1. The summed E-state index contributed by atoms with van der Waals surface area (Å²) in [6, 6.07) is 20.2. The number of anilines is 1. The van der Waals surface area contributed by atoms with E-state index >= 15 is 0 Å². The van der Waals surface area contributed by atoms with Crippen molar-refractivity contribution < 1.29 is 9.47 Å². The number of fused-ring (bicyclic) bond motifs is 1. The second-order valence-corrected chi connectivity index (χ2v) is 8.58. The van der Waals surface area contributed by atoms with Gasteiger partial charge >= 0.3 is 0 Å². The summed E-state index contributed by atoms with van der Waals surface area (Å²) in [5, 5.41) is 1.50. The Kier molecular flexibility index (Phi) is 5.86. The Bertz CT molecular complexity index is 1070. The van der Waals surface area contributed by atoms with Crippen LogP contribution < -0.4 is 14.4 Å². The number of methoxy groups -OCH3 is 1. The van der Waals surface area contributed by atoms with Crippen LogP contribution in [0, 0.1) is 0 Å². The average molecular weight is 442 g/mol. The first kappa shape index (κ1) is 20.9. The zero-order chi connectivity index (χ0) is 21.3. The summed E-state index contributed by atoms with van der Waals surface area (Å²) in [6.07, 6.45) is 0. The smallest absolute Gasteiger partial charge is 0.127 e. The first-order valence-corrected chi connectivity index (χ1v) is 10.8. The van der Waals surface area contributed by atoms with Crippen molar-refractivity contribution in [3.63, 3.8) is 0 Å². The fraction of sp³-hybridized carbons (Fsp3) is 0.280. The first-order chi connectivity index (χ1) is 14.5. The topological polar surface area (TPSA) is 21.7 Å². The molecule has 0 fully saturated rings. The van der Waals surface area contributed by atoms with Gasteiger partial charge < -0.3 is 14.4 Å². The van der Waals surface area contributed by atoms with Gasteiger partial charge in [0, 0.05) is 45.9 Å². The van der Waals surface area contributed by atoms with E-state index in [1.807, 2.05) is 43.3 Å². The summed E-state index contributed by atoms with van der Waals surface area (Å²) in [5.74, 6) is 1.63. The highest BCUT2D eigenvalue weighted by Crippen LogP contribution is 2.48. The van der Waals surface area contributed by atoms with Crippen molar-refractivity contribution in [2.75, 3.05) is 25.2 Å². The van der Waals surface area contributed by atoms with Crippen molar-refractivity contribution in [2.24, 2.45) is 0 Å². The van der Waals surface area contributed by atoms with Crippen LogP contribution in [0.2, 0.25) is 10.0 Å². The van der Waals surface area contributed by atoms with Crippen LogP contribution in [0.1, 0.15) is 30.5 Å². The molecule has 156 valence electrons. The molecule has 1 atom stereocenters. The Morgan fingerprint density at radius 1 is 1.00 bits per heavy atom. The van der Waals surface area contributed by atoms with Crippen LogP contribution in [-0.4, -0.2) is 20.3 Å². The lowest BCUT2D eigenvalue weighted by Crippen LogP contribution is -2.32. The molecule has 1 heterocycles. The van der Waals surface area contributed by atoms with Crippen LogP contribution >= 0.6 is 23.2 Å². The number of ether oxygens (including phenoxy) is 2. The minimum absolute atomic E-state index is 0.267. The molecule has 1 aliphatic rings. The highest BCUT2D eigenvalue weighted by molar-refractivity contribution is 6.31. The molecule has 0 radical (unpaired) electrons. The number of halogens is 2. The van der Waals surface area contributed by atoms with Crippen LogP contribution in [0.15, 0.2) is 60.7 Å². The van der Waals surface area contributed by atoms with Crippen LogP contribution in [0.25, 0.3) is 0 Å². The van der Waals surface area contributed by atoms with Gasteiger partial charge in [0.2, 0.25) is 0 Å². The molecule has 0 amide bonds. The fourth-order valence-electron chi connectivity index (χ4n) is 4.38. The van der Waals surface area contributed by atoms with Crippen LogP contribution in [-0.2, 0) is 12.0 Å². The van der Waals surface area contributed by atoms with E-state index in [0.717, 1.165) is 44.9 Å². The number of hydrogen-bond donors (Lipinski definition) is 0. The Hall–Kier alpha value is -2.36. The zero-order valence-electron chi connectivity index (χ0n) is 17.4. The van der Waals surface area contributed by atoms with Gasteiger partial charge in [-0.2, -0.15) is 0 Å². The van der Waals surface area contributed by atoms with Crippen molar-refractivity contribution >= 4 is 28.9 Å². The molecule has 4 rings (SSSR count). The third-order valence-electron chi connectivity index (χ3n) is 5.80. The molecule has 3 nitrogen and oxygen atoms in total. The second kappa shape index (κ2) is 8.41. The number of benzene rings is 3.